The molecule has 1 aliphatic heterocycles. The van der Waals surface area contributed by atoms with Crippen molar-refractivity contribution in [3.63, 3.8) is 0 Å². The molecule has 1 aliphatic rings. The third-order valence-electron chi connectivity index (χ3n) is 4.27. The van der Waals surface area contributed by atoms with Gasteiger partial charge in [-0.15, -0.1) is 5.10 Å². The molecule has 2 aromatic rings. The lowest BCUT2D eigenvalue weighted by atomic mass is 10.1. The molecule has 1 atom stereocenters. The van der Waals surface area contributed by atoms with Crippen LogP contribution >= 0.6 is 0 Å². The first-order chi connectivity index (χ1) is 11.8. The number of carbonyl (C=O) groups excluding carboxylic acids is 1. The molecule has 3 rings (SSSR count). The zero-order valence-electron chi connectivity index (χ0n) is 15.3. The second-order valence-corrected chi connectivity index (χ2v) is 6.98. The third kappa shape index (κ3) is 3.37. The lowest BCUT2D eigenvalue weighted by Gasteiger charge is -2.41. The Kier molecular flexibility index (Phi) is 4.51. The predicted molar refractivity (Wildman–Crippen MR) is 93.2 cm³/mol. The number of hydrogen-bond acceptors (Lipinski definition) is 5. The van der Waals surface area contributed by atoms with Crippen molar-refractivity contribution >= 4 is 5.91 Å². The van der Waals surface area contributed by atoms with E-state index >= 15 is 0 Å². The molecule has 1 aromatic carbocycles. The quantitative estimate of drug-likeness (QED) is 0.854. The van der Waals surface area contributed by atoms with Gasteiger partial charge >= 0.3 is 0 Å². The zero-order valence-corrected chi connectivity index (χ0v) is 15.3. The van der Waals surface area contributed by atoms with E-state index in [9.17, 15) is 4.79 Å². The molecule has 0 saturated carbocycles. The van der Waals surface area contributed by atoms with Crippen molar-refractivity contribution < 1.29 is 14.3 Å². The first kappa shape index (κ1) is 17.4. The fourth-order valence-corrected chi connectivity index (χ4v) is 3.32. The molecule has 1 amide bonds. The summed E-state index contributed by atoms with van der Waals surface area (Å²) in [6.45, 7) is 8.86. The number of morpholine rings is 1. The summed E-state index contributed by atoms with van der Waals surface area (Å²) in [7, 11) is 1.61. The molecule has 2 heterocycles. The van der Waals surface area contributed by atoms with E-state index in [4.69, 9.17) is 9.47 Å². The minimum Gasteiger partial charge on any atom is -0.494 e. The summed E-state index contributed by atoms with van der Waals surface area (Å²) in [6.07, 6.45) is -0.0164. The van der Waals surface area contributed by atoms with Crippen LogP contribution < -0.4 is 4.74 Å². The minimum absolute atomic E-state index is 0.0164. The van der Waals surface area contributed by atoms with Gasteiger partial charge < -0.3 is 14.4 Å². The van der Waals surface area contributed by atoms with E-state index in [0.717, 1.165) is 5.69 Å². The Balaban J connectivity index is 1.92. The maximum absolute atomic E-state index is 13.0. The van der Waals surface area contributed by atoms with Gasteiger partial charge in [-0.25, -0.2) is 4.68 Å². The number of benzene rings is 1. The van der Waals surface area contributed by atoms with Crippen LogP contribution in [0.15, 0.2) is 24.3 Å². The molecule has 7 heteroatoms. The molecule has 0 aliphatic carbocycles. The van der Waals surface area contributed by atoms with Crippen LogP contribution in [0.1, 0.15) is 37.0 Å². The van der Waals surface area contributed by atoms with Crippen LogP contribution in [0, 0.1) is 6.92 Å². The van der Waals surface area contributed by atoms with Crippen LogP contribution in [-0.4, -0.2) is 57.7 Å². The summed E-state index contributed by atoms with van der Waals surface area (Å²) in [6, 6.07) is 7.52. The Bertz CT molecular complexity index is 784. The number of rotatable bonds is 3. The highest BCUT2D eigenvalue weighted by Gasteiger charge is 2.35. The standard InChI is InChI=1S/C18H24N4O3/c1-12-10-21(11-18(3,4)25-12)17(23)16-13(2)22(20-19-16)14-8-6-7-9-15(14)24-5/h6-9,12H,10-11H2,1-5H3/t12-/m0/s1. The van der Waals surface area contributed by atoms with Crippen molar-refractivity contribution in [2.75, 3.05) is 20.2 Å². The number of carbonyl (C=O) groups is 1. The maximum atomic E-state index is 13.0. The van der Waals surface area contributed by atoms with Crippen LogP contribution in [0.2, 0.25) is 0 Å². The number of ether oxygens (including phenoxy) is 2. The fraction of sp³-hybridized carbons (Fsp3) is 0.500. The first-order valence-electron chi connectivity index (χ1n) is 8.35. The van der Waals surface area contributed by atoms with Gasteiger partial charge in [0.05, 0.1) is 24.5 Å². The lowest BCUT2D eigenvalue weighted by molar-refractivity contribution is -0.119. The number of amides is 1. The SMILES string of the molecule is COc1ccccc1-n1nnc(C(=O)N2C[C@H](C)OC(C)(C)C2)c1C. The molecule has 0 spiro atoms. The highest BCUT2D eigenvalue weighted by atomic mass is 16.5. The molecule has 25 heavy (non-hydrogen) atoms. The van der Waals surface area contributed by atoms with Gasteiger partial charge in [-0.3, -0.25) is 4.79 Å². The molecular formula is C18H24N4O3. The Labute approximate surface area is 147 Å². The molecule has 1 saturated heterocycles. The van der Waals surface area contributed by atoms with Crippen molar-refractivity contribution in [1.29, 1.82) is 0 Å². The third-order valence-corrected chi connectivity index (χ3v) is 4.27. The molecule has 0 radical (unpaired) electrons. The number of para-hydroxylation sites is 2. The number of aromatic nitrogens is 3. The number of methoxy groups -OCH3 is 1. The van der Waals surface area contributed by atoms with E-state index in [-0.39, 0.29) is 17.6 Å². The molecule has 0 unspecified atom stereocenters. The van der Waals surface area contributed by atoms with Crippen LogP contribution in [0.4, 0.5) is 0 Å². The summed E-state index contributed by atoms with van der Waals surface area (Å²) in [4.78, 5) is 14.8. The molecule has 1 aromatic heterocycles. The zero-order chi connectivity index (χ0) is 18.2. The summed E-state index contributed by atoms with van der Waals surface area (Å²) in [5.41, 5.74) is 1.42. The molecular weight excluding hydrogens is 320 g/mol. The Morgan fingerprint density at radius 2 is 2.08 bits per heavy atom. The lowest BCUT2D eigenvalue weighted by Crippen LogP contribution is -2.54. The summed E-state index contributed by atoms with van der Waals surface area (Å²) in [5.74, 6) is 0.553. The van der Waals surface area contributed by atoms with Crippen molar-refractivity contribution in [2.24, 2.45) is 0 Å². The monoisotopic (exact) mass is 344 g/mol. The summed E-state index contributed by atoms with van der Waals surface area (Å²) < 4.78 is 12.9. The van der Waals surface area contributed by atoms with Crippen LogP contribution in [0.25, 0.3) is 5.69 Å². The van der Waals surface area contributed by atoms with Gasteiger partial charge in [-0.2, -0.15) is 0 Å². The van der Waals surface area contributed by atoms with E-state index in [1.165, 1.54) is 0 Å². The van der Waals surface area contributed by atoms with E-state index in [0.29, 0.717) is 30.2 Å². The Morgan fingerprint density at radius 3 is 2.76 bits per heavy atom. The van der Waals surface area contributed by atoms with Crippen molar-refractivity contribution in [3.05, 3.63) is 35.7 Å². The molecule has 0 N–H and O–H groups in total. The Hall–Kier alpha value is -2.41. The van der Waals surface area contributed by atoms with Crippen LogP contribution in [0.5, 0.6) is 5.75 Å². The van der Waals surface area contributed by atoms with Gasteiger partial charge in [0, 0.05) is 13.1 Å². The van der Waals surface area contributed by atoms with Gasteiger partial charge in [0.15, 0.2) is 5.69 Å². The molecule has 1 fully saturated rings. The van der Waals surface area contributed by atoms with E-state index in [1.54, 1.807) is 16.7 Å². The first-order valence-corrected chi connectivity index (χ1v) is 8.35. The fourth-order valence-electron chi connectivity index (χ4n) is 3.32. The largest absolute Gasteiger partial charge is 0.494 e. The average molecular weight is 344 g/mol. The second-order valence-electron chi connectivity index (χ2n) is 6.98. The predicted octanol–water partition coefficient (Wildman–Crippen LogP) is 2.22. The normalized spacial score (nSPS) is 19.7. The second kappa shape index (κ2) is 6.48. The van der Waals surface area contributed by atoms with E-state index in [1.807, 2.05) is 52.0 Å². The van der Waals surface area contributed by atoms with Crippen molar-refractivity contribution in [2.45, 2.75) is 39.4 Å². The van der Waals surface area contributed by atoms with Crippen LogP contribution in [0.3, 0.4) is 0 Å². The topological polar surface area (TPSA) is 69.5 Å². The van der Waals surface area contributed by atoms with Crippen molar-refractivity contribution in [1.82, 2.24) is 19.9 Å². The van der Waals surface area contributed by atoms with Gasteiger partial charge in [0.25, 0.3) is 5.91 Å². The highest BCUT2D eigenvalue weighted by Crippen LogP contribution is 2.25. The summed E-state index contributed by atoms with van der Waals surface area (Å²) in [5, 5.41) is 8.31. The molecule has 0 bridgehead atoms. The summed E-state index contributed by atoms with van der Waals surface area (Å²) >= 11 is 0. The molecule has 7 nitrogen and oxygen atoms in total. The van der Waals surface area contributed by atoms with E-state index in [2.05, 4.69) is 10.3 Å². The van der Waals surface area contributed by atoms with Gasteiger partial charge in [-0.05, 0) is 39.8 Å². The van der Waals surface area contributed by atoms with Crippen molar-refractivity contribution in [3.8, 4) is 11.4 Å². The minimum atomic E-state index is -0.375. The smallest absolute Gasteiger partial charge is 0.276 e. The Morgan fingerprint density at radius 1 is 1.36 bits per heavy atom. The van der Waals surface area contributed by atoms with Crippen LogP contribution in [-0.2, 0) is 4.74 Å². The molecule has 134 valence electrons. The van der Waals surface area contributed by atoms with Gasteiger partial charge in [0.1, 0.15) is 11.4 Å². The van der Waals surface area contributed by atoms with Gasteiger partial charge in [-0.1, -0.05) is 17.3 Å². The number of nitrogens with zero attached hydrogens (tertiary/aromatic N) is 4. The van der Waals surface area contributed by atoms with Gasteiger partial charge in [0.2, 0.25) is 0 Å². The average Bonchev–Trinajstić information content (AvgIpc) is 2.93. The number of hydrogen-bond donors (Lipinski definition) is 0. The van der Waals surface area contributed by atoms with E-state index < -0.39 is 0 Å². The maximum Gasteiger partial charge on any atom is 0.276 e. The highest BCUT2D eigenvalue weighted by molar-refractivity contribution is 5.93.